The Morgan fingerprint density at radius 1 is 1.12 bits per heavy atom. The van der Waals surface area contributed by atoms with Crippen LogP contribution in [0.2, 0.25) is 0 Å². The van der Waals surface area contributed by atoms with Crippen LogP contribution in [0.1, 0.15) is 36.4 Å². The van der Waals surface area contributed by atoms with Crippen molar-refractivity contribution in [1.82, 2.24) is 9.88 Å². The number of pyridine rings is 1. The second-order valence-electron chi connectivity index (χ2n) is 6.17. The second-order valence-corrected chi connectivity index (χ2v) is 6.17. The quantitative estimate of drug-likeness (QED) is 0.873. The Morgan fingerprint density at radius 3 is 2.71 bits per heavy atom. The summed E-state index contributed by atoms with van der Waals surface area (Å²) >= 11 is 0. The van der Waals surface area contributed by atoms with Crippen LogP contribution in [0, 0.1) is 0 Å². The van der Waals surface area contributed by atoms with Gasteiger partial charge in [0.2, 0.25) is 6.10 Å². The van der Waals surface area contributed by atoms with Crippen LogP contribution in [-0.2, 0) is 9.63 Å². The van der Waals surface area contributed by atoms with Gasteiger partial charge in [-0.25, -0.2) is 0 Å². The molecule has 5 heteroatoms. The largest absolute Gasteiger partial charge is 0.382 e. The van der Waals surface area contributed by atoms with Crippen molar-refractivity contribution in [1.29, 1.82) is 0 Å². The van der Waals surface area contributed by atoms with E-state index in [0.29, 0.717) is 6.42 Å². The Labute approximate surface area is 141 Å². The lowest BCUT2D eigenvalue weighted by Crippen LogP contribution is -2.38. The molecule has 3 heterocycles. The van der Waals surface area contributed by atoms with Crippen molar-refractivity contribution in [3.63, 3.8) is 0 Å². The average Bonchev–Trinajstić information content (AvgIpc) is 3.32. The van der Waals surface area contributed by atoms with Crippen LogP contribution in [0.5, 0.6) is 0 Å². The van der Waals surface area contributed by atoms with Gasteiger partial charge in [0.05, 0.1) is 11.8 Å². The van der Waals surface area contributed by atoms with Crippen molar-refractivity contribution in [2.75, 3.05) is 6.54 Å². The highest BCUT2D eigenvalue weighted by Crippen LogP contribution is 2.33. The molecule has 0 unspecified atom stereocenters. The van der Waals surface area contributed by atoms with Gasteiger partial charge in [-0.3, -0.25) is 9.78 Å². The van der Waals surface area contributed by atoms with Gasteiger partial charge in [0.1, 0.15) is 0 Å². The number of nitrogens with zero attached hydrogens (tertiary/aromatic N) is 3. The van der Waals surface area contributed by atoms with Crippen LogP contribution in [0.25, 0.3) is 0 Å². The lowest BCUT2D eigenvalue weighted by molar-refractivity contribution is -0.143. The fraction of sp³-hybridized carbons (Fsp3) is 0.316. The molecule has 0 aliphatic carbocycles. The maximum atomic E-state index is 12.9. The molecule has 0 N–H and O–H groups in total. The molecular weight excluding hydrogens is 302 g/mol. The molecule has 1 amide bonds. The minimum absolute atomic E-state index is 0.0315. The molecule has 0 saturated carbocycles. The van der Waals surface area contributed by atoms with Gasteiger partial charge in [-0.15, -0.1) is 0 Å². The van der Waals surface area contributed by atoms with Gasteiger partial charge in [0.15, 0.2) is 0 Å². The molecule has 122 valence electrons. The first kappa shape index (κ1) is 14.9. The summed E-state index contributed by atoms with van der Waals surface area (Å²) in [6.07, 6.45) is 5.57. The van der Waals surface area contributed by atoms with Gasteiger partial charge in [-0.1, -0.05) is 35.5 Å². The van der Waals surface area contributed by atoms with E-state index in [9.17, 15) is 4.79 Å². The highest BCUT2D eigenvalue weighted by molar-refractivity contribution is 6.04. The van der Waals surface area contributed by atoms with Crippen molar-refractivity contribution in [2.24, 2.45) is 5.16 Å². The molecule has 4 rings (SSSR count). The van der Waals surface area contributed by atoms with Gasteiger partial charge >= 0.3 is 0 Å². The molecule has 0 radical (unpaired) electrons. The first-order valence-corrected chi connectivity index (χ1v) is 8.31. The van der Waals surface area contributed by atoms with E-state index in [4.69, 9.17) is 4.84 Å². The molecule has 24 heavy (non-hydrogen) atoms. The Balaban J connectivity index is 1.47. The number of carbonyl (C=O) groups is 1. The van der Waals surface area contributed by atoms with E-state index in [1.807, 2.05) is 47.4 Å². The highest BCUT2D eigenvalue weighted by atomic mass is 16.6. The van der Waals surface area contributed by atoms with Gasteiger partial charge in [-0.05, 0) is 36.1 Å². The van der Waals surface area contributed by atoms with Gasteiger partial charge in [-0.2, -0.15) is 0 Å². The zero-order valence-electron chi connectivity index (χ0n) is 13.3. The molecule has 5 nitrogen and oxygen atoms in total. The van der Waals surface area contributed by atoms with Gasteiger partial charge in [0, 0.05) is 25.4 Å². The van der Waals surface area contributed by atoms with Gasteiger partial charge in [0.25, 0.3) is 5.91 Å². The number of hydrogen-bond acceptors (Lipinski definition) is 4. The normalized spacial score (nSPS) is 23.0. The molecule has 2 aliphatic rings. The molecule has 1 aromatic carbocycles. The fourth-order valence-electron chi connectivity index (χ4n) is 3.46. The Morgan fingerprint density at radius 2 is 1.92 bits per heavy atom. The predicted molar refractivity (Wildman–Crippen MR) is 90.4 cm³/mol. The number of carbonyl (C=O) groups excluding carboxylic acids is 1. The van der Waals surface area contributed by atoms with Crippen LogP contribution >= 0.6 is 0 Å². The average molecular weight is 321 g/mol. The summed E-state index contributed by atoms with van der Waals surface area (Å²) in [6.45, 7) is 0.770. The second kappa shape index (κ2) is 6.43. The number of rotatable bonds is 3. The molecular formula is C19H19N3O2. The Hall–Kier alpha value is -2.69. The first-order valence-electron chi connectivity index (χ1n) is 8.31. The fourth-order valence-corrected chi connectivity index (χ4v) is 3.46. The maximum Gasteiger partial charge on any atom is 0.267 e. The predicted octanol–water partition coefficient (Wildman–Crippen LogP) is 2.94. The molecule has 1 saturated heterocycles. The summed E-state index contributed by atoms with van der Waals surface area (Å²) in [4.78, 5) is 24.4. The summed E-state index contributed by atoms with van der Waals surface area (Å²) in [5.41, 5.74) is 2.99. The summed E-state index contributed by atoms with van der Waals surface area (Å²) in [5.74, 6) is 0.0315. The van der Waals surface area contributed by atoms with Crippen molar-refractivity contribution in [3.05, 3.63) is 66.0 Å². The highest BCUT2D eigenvalue weighted by Gasteiger charge is 2.38. The van der Waals surface area contributed by atoms with Crippen LogP contribution in [0.3, 0.4) is 0 Å². The molecule has 2 atom stereocenters. The molecule has 0 bridgehead atoms. The van der Waals surface area contributed by atoms with Crippen molar-refractivity contribution >= 4 is 11.6 Å². The number of oxime groups is 1. The van der Waals surface area contributed by atoms with Crippen LogP contribution < -0.4 is 0 Å². The van der Waals surface area contributed by atoms with Crippen molar-refractivity contribution in [3.8, 4) is 0 Å². The number of hydrogen-bond donors (Lipinski definition) is 0. The maximum absolute atomic E-state index is 12.9. The van der Waals surface area contributed by atoms with Crippen molar-refractivity contribution in [2.45, 2.75) is 31.4 Å². The van der Waals surface area contributed by atoms with E-state index < -0.39 is 6.10 Å². The zero-order valence-corrected chi connectivity index (χ0v) is 13.3. The Kier molecular flexibility index (Phi) is 3.99. The standard InChI is InChI=1S/C19H19N3O2/c23-19(18-13-16(21-24-18)14-5-2-1-3-6-14)22-12-4-7-17(22)15-8-10-20-11-9-15/h1-3,5-6,8-11,17-18H,4,7,12-13H2/t17-,18+/m0/s1. The third kappa shape index (κ3) is 2.77. The molecule has 1 fully saturated rings. The summed E-state index contributed by atoms with van der Waals surface area (Å²) in [5, 5.41) is 4.14. The third-order valence-corrected chi connectivity index (χ3v) is 4.68. The van der Waals surface area contributed by atoms with E-state index in [-0.39, 0.29) is 11.9 Å². The number of aromatic nitrogens is 1. The van der Waals surface area contributed by atoms with Crippen molar-refractivity contribution < 1.29 is 9.63 Å². The topological polar surface area (TPSA) is 54.8 Å². The lowest BCUT2D eigenvalue weighted by atomic mass is 10.0. The molecule has 2 aliphatic heterocycles. The Bertz CT molecular complexity index is 746. The molecule has 0 spiro atoms. The first-order chi connectivity index (χ1) is 11.8. The summed E-state index contributed by atoms with van der Waals surface area (Å²) in [7, 11) is 0. The molecule has 2 aromatic rings. The summed E-state index contributed by atoms with van der Waals surface area (Å²) in [6, 6.07) is 14.0. The number of amides is 1. The van der Waals surface area contributed by atoms with Crippen LogP contribution in [0.15, 0.2) is 60.0 Å². The van der Waals surface area contributed by atoms with Gasteiger partial charge < -0.3 is 9.74 Å². The smallest absolute Gasteiger partial charge is 0.267 e. The number of likely N-dealkylation sites (tertiary alicyclic amines) is 1. The summed E-state index contributed by atoms with van der Waals surface area (Å²) < 4.78 is 0. The minimum Gasteiger partial charge on any atom is -0.382 e. The lowest BCUT2D eigenvalue weighted by Gasteiger charge is -2.26. The third-order valence-electron chi connectivity index (χ3n) is 4.68. The van der Waals surface area contributed by atoms with E-state index in [1.165, 1.54) is 0 Å². The monoisotopic (exact) mass is 321 g/mol. The van der Waals surface area contributed by atoms with E-state index >= 15 is 0 Å². The zero-order chi connectivity index (χ0) is 16.4. The van der Waals surface area contributed by atoms with Crippen LogP contribution in [0.4, 0.5) is 0 Å². The minimum atomic E-state index is -0.511. The number of benzene rings is 1. The van der Waals surface area contributed by atoms with Crippen LogP contribution in [-0.4, -0.2) is 34.2 Å². The van der Waals surface area contributed by atoms with E-state index in [0.717, 1.165) is 36.2 Å². The van der Waals surface area contributed by atoms with E-state index in [2.05, 4.69) is 10.1 Å². The van der Waals surface area contributed by atoms with E-state index in [1.54, 1.807) is 12.4 Å². The molecule has 1 aromatic heterocycles. The SMILES string of the molecule is O=C([C@H]1CC(c2ccccc2)=NO1)N1CCC[C@H]1c1ccncc1.